The number of benzene rings is 2. The fraction of sp³-hybridized carbons (Fsp3) is 0.375. The largest absolute Gasteiger partial charge is 0.494 e. The first-order valence-electron chi connectivity index (χ1n) is 14.6. The van der Waals surface area contributed by atoms with Crippen LogP contribution in [0.4, 0.5) is 15.9 Å². The molecule has 4 aromatic rings. The van der Waals surface area contributed by atoms with Crippen LogP contribution in [0.5, 0.6) is 5.75 Å². The van der Waals surface area contributed by atoms with E-state index in [-0.39, 0.29) is 35.9 Å². The number of unbranched alkanes of at least 4 members (excludes halogenated alkanes) is 1. The van der Waals surface area contributed by atoms with Crippen LogP contribution >= 0.6 is 12.4 Å². The predicted molar refractivity (Wildman–Crippen MR) is 171 cm³/mol. The Kier molecular flexibility index (Phi) is 11.1. The molecular weight excluding hydrogens is 585 g/mol. The Balaban J connectivity index is 0.00000442. The maximum absolute atomic E-state index is 14.4. The number of imidazole rings is 1. The van der Waals surface area contributed by atoms with Gasteiger partial charge in [0.1, 0.15) is 0 Å². The predicted octanol–water partition coefficient (Wildman–Crippen LogP) is 4.99. The topological polar surface area (TPSA) is 113 Å². The highest BCUT2D eigenvalue weighted by Gasteiger charge is 2.28. The number of rotatable bonds is 11. The number of carbonyl (C=O) groups excluding carboxylic acids is 2. The summed E-state index contributed by atoms with van der Waals surface area (Å²) in [5, 5.41) is 9.46. The average Bonchev–Trinajstić information content (AvgIpc) is 3.46. The van der Waals surface area contributed by atoms with E-state index in [4.69, 9.17) is 4.74 Å². The molecular formula is C32H39ClFN7O3. The molecule has 1 aliphatic rings. The first-order chi connectivity index (χ1) is 20.9. The number of piperidine rings is 1. The third kappa shape index (κ3) is 7.28. The van der Waals surface area contributed by atoms with Crippen LogP contribution in [-0.2, 0) is 4.79 Å². The van der Waals surface area contributed by atoms with Crippen LogP contribution in [-0.4, -0.2) is 71.4 Å². The van der Waals surface area contributed by atoms with E-state index in [1.807, 2.05) is 41.5 Å². The zero-order valence-electron chi connectivity index (χ0n) is 25.2. The summed E-state index contributed by atoms with van der Waals surface area (Å²) in [6.45, 7) is 4.66. The summed E-state index contributed by atoms with van der Waals surface area (Å²) < 4.78 is 21.2. The molecule has 0 atom stereocenters. The first-order valence-corrected chi connectivity index (χ1v) is 14.6. The smallest absolute Gasteiger partial charge is 0.254 e. The van der Waals surface area contributed by atoms with Crippen molar-refractivity contribution < 1.29 is 18.7 Å². The van der Waals surface area contributed by atoms with Crippen LogP contribution in [0.1, 0.15) is 41.6 Å². The van der Waals surface area contributed by atoms with Gasteiger partial charge >= 0.3 is 0 Å². The molecule has 0 bridgehead atoms. The number of ether oxygens (including phenoxy) is 1. The Hall–Kier alpha value is -4.22. The highest BCUT2D eigenvalue weighted by molar-refractivity contribution is 5.96. The Morgan fingerprint density at radius 1 is 1.07 bits per heavy atom. The lowest BCUT2D eigenvalue weighted by Gasteiger charge is -2.31. The Labute approximate surface area is 262 Å². The summed E-state index contributed by atoms with van der Waals surface area (Å²) in [7, 11) is 3.35. The molecule has 5 rings (SSSR count). The zero-order valence-corrected chi connectivity index (χ0v) is 26.0. The summed E-state index contributed by atoms with van der Waals surface area (Å²) in [4.78, 5) is 36.7. The number of anilines is 2. The maximum Gasteiger partial charge on any atom is 0.254 e. The van der Waals surface area contributed by atoms with E-state index in [0.717, 1.165) is 30.6 Å². The number of hydrogen-bond acceptors (Lipinski definition) is 7. The van der Waals surface area contributed by atoms with Crippen molar-refractivity contribution in [2.45, 2.75) is 32.6 Å². The summed E-state index contributed by atoms with van der Waals surface area (Å²) in [6.07, 6.45) is 8.41. The van der Waals surface area contributed by atoms with Gasteiger partial charge in [0.15, 0.2) is 23.0 Å². The lowest BCUT2D eigenvalue weighted by atomic mass is 9.95. The van der Waals surface area contributed by atoms with Crippen LogP contribution in [0.15, 0.2) is 55.0 Å². The molecule has 3 N–H and O–H groups in total. The normalized spacial score (nSPS) is 13.4. The van der Waals surface area contributed by atoms with Crippen molar-refractivity contribution in [1.82, 2.24) is 29.9 Å². The second kappa shape index (κ2) is 15.0. The minimum Gasteiger partial charge on any atom is -0.494 e. The van der Waals surface area contributed by atoms with E-state index in [9.17, 15) is 14.0 Å². The fourth-order valence-electron chi connectivity index (χ4n) is 5.46. The molecule has 1 fully saturated rings. The summed E-state index contributed by atoms with van der Waals surface area (Å²) in [6, 6.07) is 10.4. The quantitative estimate of drug-likeness (QED) is 0.202. The van der Waals surface area contributed by atoms with Crippen molar-refractivity contribution >= 4 is 41.4 Å². The van der Waals surface area contributed by atoms with Crippen molar-refractivity contribution in [1.29, 1.82) is 0 Å². The molecule has 1 aliphatic heterocycles. The number of nitrogens with one attached hydrogen (secondary N) is 3. The molecule has 2 amide bonds. The average molecular weight is 624 g/mol. The van der Waals surface area contributed by atoms with Gasteiger partial charge in [-0.2, -0.15) is 0 Å². The molecule has 10 nitrogen and oxygen atoms in total. The Bertz CT molecular complexity index is 1600. The molecule has 234 valence electrons. The van der Waals surface area contributed by atoms with Gasteiger partial charge in [-0.3, -0.25) is 14.0 Å². The van der Waals surface area contributed by atoms with Gasteiger partial charge in [-0.15, -0.1) is 12.4 Å². The van der Waals surface area contributed by atoms with Crippen molar-refractivity contribution in [2.24, 2.45) is 5.92 Å². The van der Waals surface area contributed by atoms with Crippen molar-refractivity contribution in [3.63, 3.8) is 0 Å². The van der Waals surface area contributed by atoms with E-state index in [1.54, 1.807) is 30.7 Å². The van der Waals surface area contributed by atoms with Gasteiger partial charge in [-0.1, -0.05) is 0 Å². The molecule has 12 heteroatoms. The molecule has 44 heavy (non-hydrogen) atoms. The number of aromatic nitrogens is 3. The molecule has 0 aliphatic carbocycles. The zero-order chi connectivity index (χ0) is 30.3. The van der Waals surface area contributed by atoms with Gasteiger partial charge in [-0.05, 0) is 88.2 Å². The minimum absolute atomic E-state index is 0. The van der Waals surface area contributed by atoms with Crippen LogP contribution in [0.2, 0.25) is 0 Å². The Morgan fingerprint density at radius 3 is 2.55 bits per heavy atom. The van der Waals surface area contributed by atoms with Crippen LogP contribution < -0.4 is 20.7 Å². The monoisotopic (exact) mass is 623 g/mol. The number of likely N-dealkylation sites (tertiary alicyclic amines) is 1. The van der Waals surface area contributed by atoms with Crippen LogP contribution in [0.25, 0.3) is 16.9 Å². The molecule has 0 saturated carbocycles. The lowest BCUT2D eigenvalue weighted by Crippen LogP contribution is -2.43. The highest BCUT2D eigenvalue weighted by Crippen LogP contribution is 2.29. The standard InChI is InChI=1S/C32H38FN7O3.ClH/c1-21-18-24(7-8-25(21)32(42)39-15-10-22(11-16-39)31(41)36-13-5-4-12-34-2)38-29-30-37-20-27(40(30)17-14-35-29)23-6-9-28(43-3)26(33)19-23;/h6-9,14,17-20,22,34H,4-5,10-13,15-16H2,1-3H3,(H,35,38)(H,36,41);1H. The van der Waals surface area contributed by atoms with Gasteiger partial charge in [0, 0.05) is 54.8 Å². The number of carbonyl (C=O) groups is 2. The second-order valence-corrected chi connectivity index (χ2v) is 10.8. The summed E-state index contributed by atoms with van der Waals surface area (Å²) in [5.74, 6) is 0.269. The molecule has 2 aromatic carbocycles. The third-order valence-electron chi connectivity index (χ3n) is 7.90. The van der Waals surface area contributed by atoms with Gasteiger partial charge in [-0.25, -0.2) is 14.4 Å². The molecule has 0 radical (unpaired) electrons. The number of nitrogens with zero attached hydrogens (tertiary/aromatic N) is 4. The summed E-state index contributed by atoms with van der Waals surface area (Å²) in [5.41, 5.74) is 4.18. The van der Waals surface area contributed by atoms with E-state index >= 15 is 0 Å². The SMILES string of the molecule is CNCCCCNC(=O)C1CCN(C(=O)c2ccc(Nc3nccn4c(-c5ccc(OC)c(F)c5)cnc34)cc2C)CC1.Cl. The van der Waals surface area contributed by atoms with Crippen molar-refractivity contribution in [3.05, 3.63) is 71.9 Å². The van der Waals surface area contributed by atoms with Crippen LogP contribution in [0, 0.1) is 18.7 Å². The van der Waals surface area contributed by atoms with Gasteiger partial charge in [0.2, 0.25) is 5.91 Å². The minimum atomic E-state index is -0.450. The highest BCUT2D eigenvalue weighted by atomic mass is 35.5. The van der Waals surface area contributed by atoms with E-state index in [1.165, 1.54) is 13.2 Å². The number of halogens is 2. The van der Waals surface area contributed by atoms with Crippen molar-refractivity contribution in [3.8, 4) is 17.0 Å². The number of hydrogen-bond donors (Lipinski definition) is 3. The molecule has 1 saturated heterocycles. The maximum atomic E-state index is 14.4. The van der Waals surface area contributed by atoms with E-state index in [2.05, 4.69) is 25.9 Å². The Morgan fingerprint density at radius 2 is 1.84 bits per heavy atom. The van der Waals surface area contributed by atoms with Gasteiger partial charge in [0.25, 0.3) is 5.91 Å². The molecule has 0 unspecified atom stereocenters. The molecule has 3 heterocycles. The van der Waals surface area contributed by atoms with Gasteiger partial charge < -0.3 is 25.6 Å². The number of aryl methyl sites for hydroxylation is 1. The third-order valence-corrected chi connectivity index (χ3v) is 7.90. The van der Waals surface area contributed by atoms with Crippen molar-refractivity contribution in [2.75, 3.05) is 45.7 Å². The number of fused-ring (bicyclic) bond motifs is 1. The van der Waals surface area contributed by atoms with Crippen LogP contribution in [0.3, 0.4) is 0 Å². The first kappa shape index (κ1) is 32.7. The number of amides is 2. The second-order valence-electron chi connectivity index (χ2n) is 10.8. The van der Waals surface area contributed by atoms with Gasteiger partial charge in [0.05, 0.1) is 19.0 Å². The lowest BCUT2D eigenvalue weighted by molar-refractivity contribution is -0.126. The summed E-state index contributed by atoms with van der Waals surface area (Å²) >= 11 is 0. The number of methoxy groups -OCH3 is 1. The van der Waals surface area contributed by atoms with E-state index < -0.39 is 5.82 Å². The molecule has 2 aromatic heterocycles. The fourth-order valence-corrected chi connectivity index (χ4v) is 5.46. The van der Waals surface area contributed by atoms with E-state index in [0.29, 0.717) is 60.8 Å². The molecule has 0 spiro atoms.